The Hall–Kier alpha value is -1.06. The predicted molar refractivity (Wildman–Crippen MR) is 63.6 cm³/mol. The van der Waals surface area contributed by atoms with Gasteiger partial charge in [0.2, 0.25) is 0 Å². The van der Waals surface area contributed by atoms with Crippen LogP contribution in [0.5, 0.6) is 5.75 Å². The van der Waals surface area contributed by atoms with E-state index in [1.165, 1.54) is 0 Å². The molecule has 1 aromatic carbocycles. The molecule has 1 aromatic rings. The minimum absolute atomic E-state index is 0.211. The third-order valence-corrected chi connectivity index (χ3v) is 2.79. The van der Waals surface area contributed by atoms with Gasteiger partial charge in [-0.3, -0.25) is 0 Å². The molecule has 3 heteroatoms. The maximum absolute atomic E-state index is 10.1. The van der Waals surface area contributed by atoms with Crippen molar-refractivity contribution in [2.45, 2.75) is 38.5 Å². The fraction of sp³-hybridized carbons (Fsp3) is 0.538. The summed E-state index contributed by atoms with van der Waals surface area (Å²) in [4.78, 5) is 0. The van der Waals surface area contributed by atoms with Gasteiger partial charge in [-0.1, -0.05) is 32.0 Å². The average molecular weight is 221 g/mol. The Bertz CT molecular complexity index is 352. The quantitative estimate of drug-likeness (QED) is 0.801. The highest BCUT2D eigenvalue weighted by Gasteiger charge is 2.23. The molecule has 0 aliphatic carbocycles. The first kappa shape index (κ1) is 11.4. The molecule has 0 bridgehead atoms. The second kappa shape index (κ2) is 4.85. The summed E-state index contributed by atoms with van der Waals surface area (Å²) in [5.41, 5.74) is 0.899. The Morgan fingerprint density at radius 1 is 1.38 bits per heavy atom. The second-order valence-electron chi connectivity index (χ2n) is 4.62. The smallest absolute Gasteiger partial charge is 0.125 e. The minimum Gasteiger partial charge on any atom is -0.492 e. The first-order valence-electron chi connectivity index (χ1n) is 5.82. The van der Waals surface area contributed by atoms with Crippen LogP contribution in [0.4, 0.5) is 0 Å². The summed E-state index contributed by atoms with van der Waals surface area (Å²) in [6.07, 6.45) is 0.268. The molecule has 0 unspecified atom stereocenters. The number of fused-ring (bicyclic) bond motifs is 1. The Kier molecular flexibility index (Phi) is 3.46. The fourth-order valence-electron chi connectivity index (χ4n) is 2.13. The lowest BCUT2D eigenvalue weighted by Gasteiger charge is -2.20. The number of ether oxygens (including phenoxy) is 1. The van der Waals surface area contributed by atoms with Crippen LogP contribution in [0.2, 0.25) is 0 Å². The predicted octanol–water partition coefficient (Wildman–Crippen LogP) is 1.87. The monoisotopic (exact) mass is 221 g/mol. The van der Waals surface area contributed by atoms with Crippen molar-refractivity contribution in [1.29, 1.82) is 0 Å². The number of para-hydroxylation sites is 1. The van der Waals surface area contributed by atoms with Crippen LogP contribution in [0.3, 0.4) is 0 Å². The molecule has 0 saturated heterocycles. The maximum atomic E-state index is 10.1. The highest BCUT2D eigenvalue weighted by molar-refractivity contribution is 5.35. The van der Waals surface area contributed by atoms with Gasteiger partial charge >= 0.3 is 0 Å². The van der Waals surface area contributed by atoms with E-state index >= 15 is 0 Å². The summed E-state index contributed by atoms with van der Waals surface area (Å²) in [6.45, 7) is 4.82. The number of rotatable bonds is 2. The molecule has 0 amide bonds. The van der Waals surface area contributed by atoms with Crippen molar-refractivity contribution >= 4 is 0 Å². The molecule has 0 fully saturated rings. The molecular weight excluding hydrogens is 202 g/mol. The van der Waals surface area contributed by atoms with E-state index in [0.717, 1.165) is 11.3 Å². The van der Waals surface area contributed by atoms with E-state index in [1.807, 2.05) is 24.3 Å². The van der Waals surface area contributed by atoms with Gasteiger partial charge in [0.1, 0.15) is 12.4 Å². The van der Waals surface area contributed by atoms with Crippen LogP contribution in [0.15, 0.2) is 24.3 Å². The van der Waals surface area contributed by atoms with Gasteiger partial charge < -0.3 is 15.2 Å². The van der Waals surface area contributed by atoms with Gasteiger partial charge in [0.05, 0.1) is 6.10 Å². The van der Waals surface area contributed by atoms with E-state index < -0.39 is 6.10 Å². The van der Waals surface area contributed by atoms with E-state index in [4.69, 9.17) is 4.74 Å². The molecule has 1 aliphatic rings. The lowest BCUT2D eigenvalue weighted by molar-refractivity contribution is 0.149. The molecule has 1 heterocycles. The van der Waals surface area contributed by atoms with E-state index in [1.54, 1.807) is 0 Å². The minimum atomic E-state index is -0.435. The molecule has 0 saturated carbocycles. The van der Waals surface area contributed by atoms with Crippen LogP contribution in [-0.2, 0) is 0 Å². The normalized spacial score (nSPS) is 24.8. The first-order chi connectivity index (χ1) is 7.66. The summed E-state index contributed by atoms with van der Waals surface area (Å²) < 4.78 is 5.71. The van der Waals surface area contributed by atoms with Crippen LogP contribution in [0, 0.1) is 0 Å². The van der Waals surface area contributed by atoms with Crippen molar-refractivity contribution in [3.05, 3.63) is 29.8 Å². The van der Waals surface area contributed by atoms with Crippen LogP contribution in [0.1, 0.15) is 31.9 Å². The Morgan fingerprint density at radius 3 is 2.88 bits per heavy atom. The molecule has 0 spiro atoms. The molecule has 2 N–H and O–H groups in total. The molecule has 0 radical (unpaired) electrons. The summed E-state index contributed by atoms with van der Waals surface area (Å²) in [5.74, 6) is 0.808. The summed E-state index contributed by atoms with van der Waals surface area (Å²) in [7, 11) is 0. The number of hydrogen-bond donors (Lipinski definition) is 2. The zero-order chi connectivity index (χ0) is 11.5. The van der Waals surface area contributed by atoms with Crippen LogP contribution >= 0.6 is 0 Å². The number of aliphatic hydroxyl groups excluding tert-OH is 1. The topological polar surface area (TPSA) is 41.5 Å². The van der Waals surface area contributed by atoms with Gasteiger partial charge in [-0.15, -0.1) is 0 Å². The highest BCUT2D eigenvalue weighted by Crippen LogP contribution is 2.30. The van der Waals surface area contributed by atoms with Crippen molar-refractivity contribution in [2.24, 2.45) is 0 Å². The first-order valence-corrected chi connectivity index (χ1v) is 5.82. The maximum Gasteiger partial charge on any atom is 0.125 e. The van der Waals surface area contributed by atoms with Gasteiger partial charge in [-0.2, -0.15) is 0 Å². The average Bonchev–Trinajstić information content (AvgIpc) is 2.39. The summed E-state index contributed by atoms with van der Waals surface area (Å²) in [6, 6.07) is 8.32. The summed E-state index contributed by atoms with van der Waals surface area (Å²) >= 11 is 0. The van der Waals surface area contributed by atoms with Crippen molar-refractivity contribution in [1.82, 2.24) is 5.32 Å². The third kappa shape index (κ3) is 2.54. The molecule has 3 nitrogen and oxygen atoms in total. The number of hydrogen-bond acceptors (Lipinski definition) is 3. The van der Waals surface area contributed by atoms with Gasteiger partial charge in [0.25, 0.3) is 0 Å². The number of benzene rings is 1. The van der Waals surface area contributed by atoms with Gasteiger partial charge in [-0.05, 0) is 12.5 Å². The highest BCUT2D eigenvalue weighted by atomic mass is 16.5. The molecule has 88 valence electrons. The van der Waals surface area contributed by atoms with Crippen molar-refractivity contribution in [3.63, 3.8) is 0 Å². The number of aliphatic hydroxyl groups is 1. The SMILES string of the molecule is CC(C)N[C@H]1COc2ccccc2[C@@H](O)C1. The molecule has 1 aliphatic heterocycles. The van der Waals surface area contributed by atoms with E-state index in [9.17, 15) is 5.11 Å². The van der Waals surface area contributed by atoms with E-state index in [-0.39, 0.29) is 6.04 Å². The van der Waals surface area contributed by atoms with Crippen LogP contribution in [0.25, 0.3) is 0 Å². The van der Waals surface area contributed by atoms with Gasteiger partial charge in [0.15, 0.2) is 0 Å². The Labute approximate surface area is 96.4 Å². The largest absolute Gasteiger partial charge is 0.492 e. The summed E-state index contributed by atoms with van der Waals surface area (Å²) in [5, 5.41) is 13.5. The van der Waals surface area contributed by atoms with E-state index in [0.29, 0.717) is 19.1 Å². The lowest BCUT2D eigenvalue weighted by atomic mass is 10.0. The molecule has 0 aromatic heterocycles. The third-order valence-electron chi connectivity index (χ3n) is 2.79. The molecule has 2 rings (SSSR count). The van der Waals surface area contributed by atoms with Crippen molar-refractivity contribution in [3.8, 4) is 5.75 Å². The van der Waals surface area contributed by atoms with E-state index in [2.05, 4.69) is 19.2 Å². The molecular formula is C13H19NO2. The zero-order valence-electron chi connectivity index (χ0n) is 9.81. The molecule has 2 atom stereocenters. The second-order valence-corrected chi connectivity index (χ2v) is 4.62. The van der Waals surface area contributed by atoms with Crippen molar-refractivity contribution in [2.75, 3.05) is 6.61 Å². The van der Waals surface area contributed by atoms with Gasteiger partial charge in [0, 0.05) is 17.6 Å². The standard InChI is InChI=1S/C13H19NO2/c1-9(2)14-10-7-12(15)11-5-3-4-6-13(11)16-8-10/h3-6,9-10,12,14-15H,7-8H2,1-2H3/t10-,12+/m1/s1. The molecule has 16 heavy (non-hydrogen) atoms. The lowest BCUT2D eigenvalue weighted by Crippen LogP contribution is -2.39. The van der Waals surface area contributed by atoms with Crippen molar-refractivity contribution < 1.29 is 9.84 Å². The van der Waals surface area contributed by atoms with Crippen LogP contribution in [-0.4, -0.2) is 23.8 Å². The Morgan fingerprint density at radius 2 is 2.12 bits per heavy atom. The van der Waals surface area contributed by atoms with Crippen LogP contribution < -0.4 is 10.1 Å². The Balaban J connectivity index is 2.13. The zero-order valence-corrected chi connectivity index (χ0v) is 9.81. The number of nitrogens with one attached hydrogen (secondary N) is 1. The fourth-order valence-corrected chi connectivity index (χ4v) is 2.13. The van der Waals surface area contributed by atoms with Gasteiger partial charge in [-0.25, -0.2) is 0 Å².